The molecule has 19 heavy (non-hydrogen) atoms. The first kappa shape index (κ1) is 12.3. The van der Waals surface area contributed by atoms with Crippen molar-refractivity contribution in [1.82, 2.24) is 20.0 Å². The molecular weight excluding hydrogens is 240 g/mol. The molecule has 0 N–H and O–H groups in total. The maximum absolute atomic E-state index is 5.06. The Balaban J connectivity index is 1.55. The van der Waals surface area contributed by atoms with Crippen molar-refractivity contribution in [1.29, 1.82) is 0 Å². The number of pyridine rings is 1. The van der Waals surface area contributed by atoms with E-state index in [9.17, 15) is 0 Å². The lowest BCUT2D eigenvalue weighted by atomic mass is 9.96. The van der Waals surface area contributed by atoms with Crippen LogP contribution in [-0.2, 0) is 6.54 Å². The van der Waals surface area contributed by atoms with E-state index in [2.05, 4.69) is 26.1 Å². The van der Waals surface area contributed by atoms with E-state index in [-0.39, 0.29) is 0 Å². The van der Waals surface area contributed by atoms with E-state index >= 15 is 0 Å². The van der Waals surface area contributed by atoms with Crippen molar-refractivity contribution in [2.24, 2.45) is 0 Å². The summed E-state index contributed by atoms with van der Waals surface area (Å²) in [5.74, 6) is 1.97. The molecule has 3 rings (SSSR count). The van der Waals surface area contributed by atoms with Crippen molar-refractivity contribution in [3.63, 3.8) is 0 Å². The fourth-order valence-electron chi connectivity index (χ4n) is 2.55. The Kier molecular flexibility index (Phi) is 3.55. The van der Waals surface area contributed by atoms with Crippen molar-refractivity contribution in [2.75, 3.05) is 13.1 Å². The van der Waals surface area contributed by atoms with Gasteiger partial charge in [-0.1, -0.05) is 11.2 Å². The minimum atomic E-state index is 0.442. The normalized spacial score (nSPS) is 17.7. The molecule has 0 bridgehead atoms. The number of aromatic nitrogens is 3. The van der Waals surface area contributed by atoms with Gasteiger partial charge in [-0.05, 0) is 38.1 Å². The lowest BCUT2D eigenvalue weighted by Gasteiger charge is -2.30. The standard InChI is InChI=1S/C14H18N4O/c1-11-16-14(17-19-11)12-5-8-18(9-6-12)10-13-4-2-3-7-15-13/h2-4,7,12H,5-6,8-10H2,1H3. The number of likely N-dealkylation sites (tertiary alicyclic amines) is 1. The molecule has 0 saturated carbocycles. The van der Waals surface area contributed by atoms with Crippen molar-refractivity contribution in [3.05, 3.63) is 41.8 Å². The molecule has 1 saturated heterocycles. The quantitative estimate of drug-likeness (QED) is 0.844. The molecule has 3 heterocycles. The predicted molar refractivity (Wildman–Crippen MR) is 70.5 cm³/mol. The lowest BCUT2D eigenvalue weighted by Crippen LogP contribution is -2.33. The van der Waals surface area contributed by atoms with Crippen LogP contribution in [0.5, 0.6) is 0 Å². The van der Waals surface area contributed by atoms with E-state index in [1.807, 2.05) is 25.3 Å². The summed E-state index contributed by atoms with van der Waals surface area (Å²) in [5.41, 5.74) is 1.14. The first-order chi connectivity index (χ1) is 9.31. The van der Waals surface area contributed by atoms with E-state index < -0.39 is 0 Å². The predicted octanol–water partition coefficient (Wildman–Crippen LogP) is 2.15. The fourth-order valence-corrected chi connectivity index (χ4v) is 2.55. The molecule has 0 aromatic carbocycles. The number of hydrogen-bond acceptors (Lipinski definition) is 5. The Morgan fingerprint density at radius 2 is 2.16 bits per heavy atom. The van der Waals surface area contributed by atoms with Crippen molar-refractivity contribution >= 4 is 0 Å². The highest BCUT2D eigenvalue weighted by molar-refractivity contribution is 5.04. The van der Waals surface area contributed by atoms with Gasteiger partial charge in [-0.3, -0.25) is 9.88 Å². The first-order valence-corrected chi connectivity index (χ1v) is 6.74. The van der Waals surface area contributed by atoms with Crippen molar-refractivity contribution in [3.8, 4) is 0 Å². The summed E-state index contributed by atoms with van der Waals surface area (Å²) in [4.78, 5) is 11.1. The van der Waals surface area contributed by atoms with Crippen LogP contribution in [0.1, 0.15) is 36.2 Å². The average molecular weight is 258 g/mol. The third-order valence-corrected chi connectivity index (χ3v) is 3.61. The number of rotatable bonds is 3. The zero-order valence-corrected chi connectivity index (χ0v) is 11.1. The van der Waals surface area contributed by atoms with Crippen LogP contribution in [0.2, 0.25) is 0 Å². The van der Waals surface area contributed by atoms with Gasteiger partial charge in [0.15, 0.2) is 5.82 Å². The summed E-state index contributed by atoms with van der Waals surface area (Å²) in [6, 6.07) is 6.07. The highest BCUT2D eigenvalue weighted by Gasteiger charge is 2.24. The summed E-state index contributed by atoms with van der Waals surface area (Å²) in [6.45, 7) is 4.90. The molecule has 0 unspecified atom stereocenters. The number of hydrogen-bond donors (Lipinski definition) is 0. The van der Waals surface area contributed by atoms with E-state index in [1.165, 1.54) is 0 Å². The van der Waals surface area contributed by atoms with Gasteiger partial charge in [-0.2, -0.15) is 4.98 Å². The lowest BCUT2D eigenvalue weighted by molar-refractivity contribution is 0.198. The SMILES string of the molecule is Cc1nc(C2CCN(Cc3ccccn3)CC2)no1. The largest absolute Gasteiger partial charge is 0.340 e. The van der Waals surface area contributed by atoms with E-state index in [1.54, 1.807) is 0 Å². The van der Waals surface area contributed by atoms with Gasteiger partial charge in [0.2, 0.25) is 5.89 Å². The van der Waals surface area contributed by atoms with Crippen molar-refractivity contribution in [2.45, 2.75) is 32.2 Å². The highest BCUT2D eigenvalue weighted by atomic mass is 16.5. The average Bonchev–Trinajstić information content (AvgIpc) is 2.87. The zero-order chi connectivity index (χ0) is 13.1. The molecule has 5 nitrogen and oxygen atoms in total. The molecule has 0 radical (unpaired) electrons. The van der Waals surface area contributed by atoms with E-state index in [0.29, 0.717) is 11.8 Å². The van der Waals surface area contributed by atoms with Gasteiger partial charge in [0.05, 0.1) is 5.69 Å². The Hall–Kier alpha value is -1.75. The fraction of sp³-hybridized carbons (Fsp3) is 0.500. The number of piperidine rings is 1. The van der Waals surface area contributed by atoms with Crippen LogP contribution in [0.3, 0.4) is 0 Å². The van der Waals surface area contributed by atoms with Crippen LogP contribution in [0.4, 0.5) is 0 Å². The summed E-state index contributed by atoms with van der Waals surface area (Å²) in [7, 11) is 0. The van der Waals surface area contributed by atoms with Crippen LogP contribution < -0.4 is 0 Å². The Bertz CT molecular complexity index is 517. The zero-order valence-electron chi connectivity index (χ0n) is 11.1. The molecule has 1 aliphatic heterocycles. The topological polar surface area (TPSA) is 55.1 Å². The van der Waals surface area contributed by atoms with Gasteiger partial charge in [0.25, 0.3) is 0 Å². The molecule has 1 aliphatic rings. The minimum absolute atomic E-state index is 0.442. The smallest absolute Gasteiger partial charge is 0.223 e. The van der Waals surface area contributed by atoms with Gasteiger partial charge < -0.3 is 4.52 Å². The van der Waals surface area contributed by atoms with Crippen LogP contribution in [0.15, 0.2) is 28.9 Å². The molecule has 0 atom stereocenters. The van der Waals surface area contributed by atoms with Gasteiger partial charge in [0.1, 0.15) is 0 Å². The minimum Gasteiger partial charge on any atom is -0.340 e. The summed E-state index contributed by atoms with van der Waals surface area (Å²) in [6.07, 6.45) is 4.03. The Labute approximate surface area is 112 Å². The van der Waals surface area contributed by atoms with Crippen molar-refractivity contribution < 1.29 is 4.52 Å². The number of nitrogens with zero attached hydrogens (tertiary/aromatic N) is 4. The van der Waals surface area contributed by atoms with Gasteiger partial charge in [0, 0.05) is 25.6 Å². The molecule has 100 valence electrons. The van der Waals surface area contributed by atoms with Crippen LogP contribution in [0.25, 0.3) is 0 Å². The maximum atomic E-state index is 5.06. The van der Waals surface area contributed by atoms with E-state index in [4.69, 9.17) is 4.52 Å². The summed E-state index contributed by atoms with van der Waals surface area (Å²) in [5, 5.41) is 4.03. The molecule has 2 aromatic heterocycles. The van der Waals surface area contributed by atoms with Crippen LogP contribution in [0, 0.1) is 6.92 Å². The van der Waals surface area contributed by atoms with E-state index in [0.717, 1.165) is 44.0 Å². The third-order valence-electron chi connectivity index (χ3n) is 3.61. The molecule has 0 aliphatic carbocycles. The second kappa shape index (κ2) is 5.48. The molecule has 0 amide bonds. The molecule has 2 aromatic rings. The van der Waals surface area contributed by atoms with Gasteiger partial charge in [-0.25, -0.2) is 0 Å². The second-order valence-electron chi connectivity index (χ2n) is 5.04. The monoisotopic (exact) mass is 258 g/mol. The van der Waals surface area contributed by atoms with Crippen LogP contribution >= 0.6 is 0 Å². The number of aryl methyl sites for hydroxylation is 1. The first-order valence-electron chi connectivity index (χ1n) is 6.74. The summed E-state index contributed by atoms with van der Waals surface area (Å²) < 4.78 is 5.06. The second-order valence-corrected chi connectivity index (χ2v) is 5.04. The Morgan fingerprint density at radius 3 is 2.79 bits per heavy atom. The molecular formula is C14H18N4O. The molecule has 1 fully saturated rings. The maximum Gasteiger partial charge on any atom is 0.223 e. The third kappa shape index (κ3) is 2.98. The van der Waals surface area contributed by atoms with Gasteiger partial charge in [-0.15, -0.1) is 0 Å². The van der Waals surface area contributed by atoms with Crippen LogP contribution in [-0.4, -0.2) is 33.1 Å². The molecule has 0 spiro atoms. The molecule has 5 heteroatoms. The van der Waals surface area contributed by atoms with Gasteiger partial charge >= 0.3 is 0 Å². The summed E-state index contributed by atoms with van der Waals surface area (Å²) >= 11 is 0. The highest BCUT2D eigenvalue weighted by Crippen LogP contribution is 2.26. The Morgan fingerprint density at radius 1 is 1.32 bits per heavy atom.